The zero-order valence-corrected chi connectivity index (χ0v) is 15.7. The molecule has 0 aromatic heterocycles. The topological polar surface area (TPSA) is 58.8 Å². The summed E-state index contributed by atoms with van der Waals surface area (Å²) in [6.45, 7) is 11.6. The smallest absolute Gasteiger partial charge is 0.240 e. The highest BCUT2D eigenvalue weighted by atomic mass is 35.5. The SMILES string of the molecule is CC1CN(C(C(=O)N2CC[C@@H](N)C2)C(C)C)CC(C)O1.Cl.Cl. The normalized spacial score (nSPS) is 30.6. The maximum atomic E-state index is 12.8. The lowest BCUT2D eigenvalue weighted by Crippen LogP contribution is -2.57. The minimum atomic E-state index is -0.0471. The van der Waals surface area contributed by atoms with E-state index in [2.05, 4.69) is 32.6 Å². The first kappa shape index (κ1) is 21.9. The van der Waals surface area contributed by atoms with Gasteiger partial charge in [-0.15, -0.1) is 24.8 Å². The van der Waals surface area contributed by atoms with Gasteiger partial charge in [-0.25, -0.2) is 0 Å². The molecule has 2 aliphatic rings. The number of halogens is 2. The quantitative estimate of drug-likeness (QED) is 0.833. The number of hydrogen-bond donors (Lipinski definition) is 1. The van der Waals surface area contributed by atoms with E-state index in [-0.39, 0.29) is 55.0 Å². The summed E-state index contributed by atoms with van der Waals surface area (Å²) < 4.78 is 5.78. The highest BCUT2D eigenvalue weighted by Crippen LogP contribution is 2.21. The van der Waals surface area contributed by atoms with Crippen LogP contribution in [0, 0.1) is 5.92 Å². The monoisotopic (exact) mass is 355 g/mol. The van der Waals surface area contributed by atoms with Gasteiger partial charge in [0.15, 0.2) is 0 Å². The minimum absolute atomic E-state index is 0. The van der Waals surface area contributed by atoms with Crippen molar-refractivity contribution in [2.75, 3.05) is 26.2 Å². The second-order valence-electron chi connectivity index (χ2n) is 6.73. The van der Waals surface area contributed by atoms with Crippen LogP contribution in [0.15, 0.2) is 0 Å². The van der Waals surface area contributed by atoms with E-state index >= 15 is 0 Å². The molecule has 4 atom stereocenters. The Kier molecular flexibility index (Phi) is 9.25. The van der Waals surface area contributed by atoms with E-state index < -0.39 is 0 Å². The van der Waals surface area contributed by atoms with Crippen LogP contribution in [-0.4, -0.2) is 66.2 Å². The lowest BCUT2D eigenvalue weighted by atomic mass is 9.99. The van der Waals surface area contributed by atoms with Gasteiger partial charge in [0, 0.05) is 32.2 Å². The molecule has 2 aliphatic heterocycles. The van der Waals surface area contributed by atoms with Crippen molar-refractivity contribution in [2.45, 2.75) is 58.4 Å². The first-order chi connectivity index (χ1) is 9.38. The minimum Gasteiger partial charge on any atom is -0.373 e. The zero-order valence-electron chi connectivity index (χ0n) is 14.0. The van der Waals surface area contributed by atoms with Gasteiger partial charge in [0.05, 0.1) is 18.2 Å². The first-order valence-electron chi connectivity index (χ1n) is 7.82. The summed E-state index contributed by atoms with van der Waals surface area (Å²) in [6, 6.07) is 0.100. The van der Waals surface area contributed by atoms with Gasteiger partial charge in [-0.2, -0.15) is 0 Å². The van der Waals surface area contributed by atoms with Crippen molar-refractivity contribution in [1.29, 1.82) is 0 Å². The third kappa shape index (κ3) is 5.24. The van der Waals surface area contributed by atoms with Crippen molar-refractivity contribution in [2.24, 2.45) is 11.7 Å². The van der Waals surface area contributed by atoms with Crippen LogP contribution in [0.1, 0.15) is 34.1 Å². The fourth-order valence-corrected chi connectivity index (χ4v) is 3.48. The van der Waals surface area contributed by atoms with Gasteiger partial charge in [0.1, 0.15) is 0 Å². The number of rotatable bonds is 3. The molecule has 0 aromatic rings. The van der Waals surface area contributed by atoms with Crippen LogP contribution in [0.4, 0.5) is 0 Å². The standard InChI is InChI=1S/C15H29N3O2.2ClH/c1-10(2)14(15(19)17-6-5-13(16)9-17)18-7-11(3)20-12(4)8-18;;/h10-14H,5-9,16H2,1-4H3;2*1H/t11?,12?,13-,14?;;/m1../s1. The molecule has 0 aromatic carbocycles. The number of carbonyl (C=O) groups excluding carboxylic acids is 1. The molecule has 2 heterocycles. The predicted octanol–water partition coefficient (Wildman–Crippen LogP) is 1.52. The first-order valence-corrected chi connectivity index (χ1v) is 7.82. The van der Waals surface area contributed by atoms with Gasteiger partial charge in [0.25, 0.3) is 0 Å². The molecule has 2 N–H and O–H groups in total. The predicted molar refractivity (Wildman–Crippen MR) is 93.9 cm³/mol. The third-order valence-electron chi connectivity index (χ3n) is 4.26. The van der Waals surface area contributed by atoms with Crippen molar-refractivity contribution in [3.8, 4) is 0 Å². The summed E-state index contributed by atoms with van der Waals surface area (Å²) in [5, 5.41) is 0. The van der Waals surface area contributed by atoms with Gasteiger partial charge in [-0.1, -0.05) is 13.8 Å². The Morgan fingerprint density at radius 3 is 2.09 bits per heavy atom. The molecule has 1 amide bonds. The molecule has 3 unspecified atom stereocenters. The molecule has 2 fully saturated rings. The number of hydrogen-bond acceptors (Lipinski definition) is 4. The van der Waals surface area contributed by atoms with Crippen molar-refractivity contribution in [3.63, 3.8) is 0 Å². The van der Waals surface area contributed by atoms with Crippen molar-refractivity contribution < 1.29 is 9.53 Å². The van der Waals surface area contributed by atoms with E-state index in [0.717, 1.165) is 26.1 Å². The molecule has 0 bridgehead atoms. The third-order valence-corrected chi connectivity index (χ3v) is 4.26. The summed E-state index contributed by atoms with van der Waals surface area (Å²) in [5.41, 5.74) is 5.93. The van der Waals surface area contributed by atoms with Crippen LogP contribution in [0.25, 0.3) is 0 Å². The highest BCUT2D eigenvalue weighted by Gasteiger charge is 2.37. The van der Waals surface area contributed by atoms with E-state index in [1.165, 1.54) is 0 Å². The molecule has 2 rings (SSSR count). The van der Waals surface area contributed by atoms with Crippen LogP contribution >= 0.6 is 24.8 Å². The molecular weight excluding hydrogens is 325 g/mol. The fraction of sp³-hybridized carbons (Fsp3) is 0.933. The molecule has 5 nitrogen and oxygen atoms in total. The van der Waals surface area contributed by atoms with E-state index in [1.807, 2.05) is 4.90 Å². The number of likely N-dealkylation sites (tertiary alicyclic amines) is 1. The number of morpholine rings is 1. The molecule has 0 spiro atoms. The van der Waals surface area contributed by atoms with Gasteiger partial charge >= 0.3 is 0 Å². The van der Waals surface area contributed by atoms with Crippen LogP contribution < -0.4 is 5.73 Å². The Bertz CT molecular complexity index is 348. The Morgan fingerprint density at radius 2 is 1.68 bits per heavy atom. The summed E-state index contributed by atoms with van der Waals surface area (Å²) in [4.78, 5) is 17.1. The van der Waals surface area contributed by atoms with Crippen molar-refractivity contribution in [1.82, 2.24) is 9.80 Å². The fourth-order valence-electron chi connectivity index (χ4n) is 3.48. The Hall–Kier alpha value is -0.0700. The highest BCUT2D eigenvalue weighted by molar-refractivity contribution is 5.85. The number of nitrogens with zero attached hydrogens (tertiary/aromatic N) is 2. The number of amides is 1. The van der Waals surface area contributed by atoms with Crippen LogP contribution in [0.2, 0.25) is 0 Å². The summed E-state index contributed by atoms with van der Waals surface area (Å²) in [5.74, 6) is 0.547. The lowest BCUT2D eigenvalue weighted by Gasteiger charge is -2.42. The number of carbonyl (C=O) groups is 1. The molecular formula is C15H31Cl2N3O2. The Labute approximate surface area is 146 Å². The summed E-state index contributed by atoms with van der Waals surface area (Å²) in [6.07, 6.45) is 1.30. The van der Waals surface area contributed by atoms with Crippen molar-refractivity contribution >= 4 is 30.7 Å². The molecule has 2 saturated heterocycles. The van der Waals surface area contributed by atoms with E-state index in [0.29, 0.717) is 12.5 Å². The molecule has 22 heavy (non-hydrogen) atoms. The average Bonchev–Trinajstić information content (AvgIpc) is 2.74. The average molecular weight is 356 g/mol. The van der Waals surface area contributed by atoms with Crippen LogP contribution in [-0.2, 0) is 9.53 Å². The van der Waals surface area contributed by atoms with E-state index in [4.69, 9.17) is 10.5 Å². The zero-order chi connectivity index (χ0) is 14.9. The number of nitrogens with two attached hydrogens (primary N) is 1. The second-order valence-corrected chi connectivity index (χ2v) is 6.73. The summed E-state index contributed by atoms with van der Waals surface area (Å²) in [7, 11) is 0. The second kappa shape index (κ2) is 9.28. The van der Waals surface area contributed by atoms with Gasteiger partial charge < -0.3 is 15.4 Å². The van der Waals surface area contributed by atoms with Gasteiger partial charge in [-0.05, 0) is 26.2 Å². The molecule has 7 heteroatoms. The maximum absolute atomic E-state index is 12.8. The largest absolute Gasteiger partial charge is 0.373 e. The van der Waals surface area contributed by atoms with Gasteiger partial charge in [0.2, 0.25) is 5.91 Å². The van der Waals surface area contributed by atoms with Crippen LogP contribution in [0.5, 0.6) is 0 Å². The Morgan fingerprint density at radius 1 is 1.14 bits per heavy atom. The van der Waals surface area contributed by atoms with E-state index in [1.54, 1.807) is 0 Å². The molecule has 132 valence electrons. The molecule has 0 saturated carbocycles. The van der Waals surface area contributed by atoms with Crippen molar-refractivity contribution in [3.05, 3.63) is 0 Å². The molecule has 0 radical (unpaired) electrons. The molecule has 0 aliphatic carbocycles. The lowest BCUT2D eigenvalue weighted by molar-refractivity contribution is -0.144. The summed E-state index contributed by atoms with van der Waals surface area (Å²) >= 11 is 0. The van der Waals surface area contributed by atoms with Crippen LogP contribution in [0.3, 0.4) is 0 Å². The van der Waals surface area contributed by atoms with Gasteiger partial charge in [-0.3, -0.25) is 9.69 Å². The Balaban J connectivity index is 0.00000220. The number of ether oxygens (including phenoxy) is 1. The maximum Gasteiger partial charge on any atom is 0.240 e. The van der Waals surface area contributed by atoms with E-state index in [9.17, 15) is 4.79 Å².